The molecule has 1 aromatic carbocycles. The molecule has 0 heterocycles. The summed E-state index contributed by atoms with van der Waals surface area (Å²) in [5.41, 5.74) is -1.55. The first-order chi connectivity index (χ1) is 15.6. The molecule has 0 unspecified atom stereocenters. The number of para-hydroxylation sites is 1. The number of likely N-dealkylation sites (N-methyl/N-ethyl adjacent to an activating group) is 2. The summed E-state index contributed by atoms with van der Waals surface area (Å²) in [5, 5.41) is 13.6. The highest BCUT2D eigenvalue weighted by molar-refractivity contribution is 7.89. The van der Waals surface area contributed by atoms with Crippen LogP contribution in [-0.2, 0) is 29.1 Å². The van der Waals surface area contributed by atoms with E-state index in [4.69, 9.17) is 9.47 Å². The molecule has 13 nitrogen and oxygen atoms in total. The number of nitro groups is 1. The Morgan fingerprint density at radius 3 is 2.29 bits per heavy atom. The summed E-state index contributed by atoms with van der Waals surface area (Å²) in [6.07, 6.45) is -0.994. The van der Waals surface area contributed by atoms with E-state index in [2.05, 4.69) is 5.32 Å². The number of alkyl carbamates (subject to hydrolysis) is 1. The standard InChI is InChI=1S/C20H30N4O9S/c1-7-32-17(25)13-22(5)18(26)14(21-19(27)33-20(2,3)4)12-23(6)34(30,31)16-11-9-8-10-15(16)24(28)29/h8-11,14H,7,12-13H2,1-6H3,(H,21,27)/t14-/m0/s1. The average molecular weight is 503 g/mol. The maximum Gasteiger partial charge on any atom is 0.408 e. The number of nitrogens with zero attached hydrogens (tertiary/aromatic N) is 3. The summed E-state index contributed by atoms with van der Waals surface area (Å²) in [6.45, 7) is 5.44. The topological polar surface area (TPSA) is 165 Å². The van der Waals surface area contributed by atoms with Crippen LogP contribution in [0, 0.1) is 10.1 Å². The van der Waals surface area contributed by atoms with Gasteiger partial charge in [-0.25, -0.2) is 13.2 Å². The number of amides is 2. The van der Waals surface area contributed by atoms with Crippen LogP contribution in [0.4, 0.5) is 10.5 Å². The molecule has 1 N–H and O–H groups in total. The lowest BCUT2D eigenvalue weighted by molar-refractivity contribution is -0.387. The van der Waals surface area contributed by atoms with Crippen LogP contribution in [0.15, 0.2) is 29.2 Å². The van der Waals surface area contributed by atoms with E-state index in [1.54, 1.807) is 27.7 Å². The number of hydrogen-bond acceptors (Lipinski definition) is 9. The number of nitrogens with one attached hydrogen (secondary N) is 1. The van der Waals surface area contributed by atoms with Crippen LogP contribution in [0.3, 0.4) is 0 Å². The minimum Gasteiger partial charge on any atom is -0.465 e. The van der Waals surface area contributed by atoms with Crippen molar-refractivity contribution in [2.45, 2.75) is 44.2 Å². The molecule has 0 aliphatic heterocycles. The first kappa shape index (κ1) is 28.8. The Morgan fingerprint density at radius 2 is 1.76 bits per heavy atom. The Hall–Kier alpha value is -3.26. The van der Waals surface area contributed by atoms with E-state index in [0.29, 0.717) is 4.31 Å². The van der Waals surface area contributed by atoms with Crippen LogP contribution in [0.25, 0.3) is 0 Å². The molecular weight excluding hydrogens is 472 g/mol. The Morgan fingerprint density at radius 1 is 1.18 bits per heavy atom. The number of nitro benzene ring substituents is 1. The monoisotopic (exact) mass is 502 g/mol. The minimum atomic E-state index is -4.43. The van der Waals surface area contributed by atoms with Crippen LogP contribution in [0.5, 0.6) is 0 Å². The molecule has 0 spiro atoms. The summed E-state index contributed by atoms with van der Waals surface area (Å²) in [7, 11) is -2.05. The third-order valence-electron chi connectivity index (χ3n) is 4.23. The molecule has 0 aliphatic rings. The summed E-state index contributed by atoms with van der Waals surface area (Å²) in [4.78, 5) is 47.9. The summed E-state index contributed by atoms with van der Waals surface area (Å²) >= 11 is 0. The molecule has 0 aromatic heterocycles. The zero-order chi connectivity index (χ0) is 26.3. The van der Waals surface area contributed by atoms with Gasteiger partial charge >= 0.3 is 12.1 Å². The van der Waals surface area contributed by atoms with Gasteiger partial charge in [-0.3, -0.25) is 19.7 Å². The first-order valence-corrected chi connectivity index (χ1v) is 11.6. The highest BCUT2D eigenvalue weighted by atomic mass is 32.2. The van der Waals surface area contributed by atoms with Gasteiger partial charge in [0.1, 0.15) is 18.2 Å². The molecule has 0 radical (unpaired) electrons. The Balaban J connectivity index is 3.23. The smallest absolute Gasteiger partial charge is 0.408 e. The van der Waals surface area contributed by atoms with Crippen molar-refractivity contribution >= 4 is 33.7 Å². The number of sulfonamides is 1. The van der Waals surface area contributed by atoms with E-state index in [9.17, 15) is 32.9 Å². The Bertz CT molecular complexity index is 1020. The van der Waals surface area contributed by atoms with E-state index < -0.39 is 68.2 Å². The van der Waals surface area contributed by atoms with Gasteiger partial charge in [-0.05, 0) is 33.8 Å². The molecular formula is C20H30N4O9S. The Kier molecular flexibility index (Phi) is 9.94. The fraction of sp³-hybridized carbons (Fsp3) is 0.550. The SMILES string of the molecule is CCOC(=O)CN(C)C(=O)[C@H](CN(C)S(=O)(=O)c1ccccc1[N+](=O)[O-])NC(=O)OC(C)(C)C. The zero-order valence-corrected chi connectivity index (χ0v) is 20.7. The summed E-state index contributed by atoms with van der Waals surface area (Å²) in [6, 6.07) is 3.27. The molecule has 0 aliphatic carbocycles. The number of benzene rings is 1. The van der Waals surface area contributed by atoms with Gasteiger partial charge in [0, 0.05) is 26.7 Å². The van der Waals surface area contributed by atoms with Crippen molar-refractivity contribution in [3.05, 3.63) is 34.4 Å². The summed E-state index contributed by atoms with van der Waals surface area (Å²) < 4.78 is 36.7. The third kappa shape index (κ3) is 8.26. The van der Waals surface area contributed by atoms with Gasteiger partial charge in [-0.2, -0.15) is 4.31 Å². The van der Waals surface area contributed by atoms with E-state index in [1.165, 1.54) is 19.2 Å². The number of ether oxygens (including phenoxy) is 2. The zero-order valence-electron chi connectivity index (χ0n) is 19.9. The molecule has 0 bridgehead atoms. The molecule has 1 aromatic rings. The minimum absolute atomic E-state index is 0.0945. The van der Waals surface area contributed by atoms with E-state index >= 15 is 0 Å². The second kappa shape index (κ2) is 11.7. The fourth-order valence-corrected chi connectivity index (χ4v) is 4.07. The van der Waals surface area contributed by atoms with Crippen LogP contribution in [-0.4, -0.2) is 86.0 Å². The lowest BCUT2D eigenvalue weighted by atomic mass is 10.2. The van der Waals surface area contributed by atoms with Gasteiger partial charge in [-0.1, -0.05) is 12.1 Å². The number of rotatable bonds is 10. The molecule has 190 valence electrons. The molecule has 1 rings (SSSR count). The molecule has 0 saturated heterocycles. The quantitative estimate of drug-likeness (QED) is 0.280. The Labute approximate surface area is 198 Å². The van der Waals surface area contributed by atoms with Crippen molar-refractivity contribution in [1.82, 2.24) is 14.5 Å². The summed E-state index contributed by atoms with van der Waals surface area (Å²) in [5.74, 6) is -1.50. The first-order valence-electron chi connectivity index (χ1n) is 10.2. The number of carbonyl (C=O) groups excluding carboxylic acids is 3. The second-order valence-corrected chi connectivity index (χ2v) is 10.2. The van der Waals surface area contributed by atoms with Crippen molar-refractivity contribution in [3.8, 4) is 0 Å². The lowest BCUT2D eigenvalue weighted by Gasteiger charge is -2.28. The van der Waals surface area contributed by atoms with Crippen molar-refractivity contribution in [2.75, 3.05) is 33.8 Å². The third-order valence-corrected chi connectivity index (χ3v) is 6.10. The molecule has 0 saturated carbocycles. The molecule has 1 atom stereocenters. The van der Waals surface area contributed by atoms with E-state index in [-0.39, 0.29) is 6.61 Å². The van der Waals surface area contributed by atoms with Gasteiger partial charge in [-0.15, -0.1) is 0 Å². The molecule has 34 heavy (non-hydrogen) atoms. The number of carbonyl (C=O) groups is 3. The second-order valence-electron chi connectivity index (χ2n) is 8.21. The van der Waals surface area contributed by atoms with Gasteiger partial charge in [0.05, 0.1) is 11.5 Å². The predicted octanol–water partition coefficient (Wildman–Crippen LogP) is 1.13. The van der Waals surface area contributed by atoms with Gasteiger partial charge in [0.2, 0.25) is 15.9 Å². The van der Waals surface area contributed by atoms with Gasteiger partial charge in [0.15, 0.2) is 4.90 Å². The van der Waals surface area contributed by atoms with Crippen LogP contribution in [0.1, 0.15) is 27.7 Å². The van der Waals surface area contributed by atoms with Crippen molar-refractivity contribution in [3.63, 3.8) is 0 Å². The lowest BCUT2D eigenvalue weighted by Crippen LogP contribution is -2.54. The largest absolute Gasteiger partial charge is 0.465 e. The average Bonchev–Trinajstić information content (AvgIpc) is 2.71. The van der Waals surface area contributed by atoms with Crippen molar-refractivity contribution in [1.29, 1.82) is 0 Å². The van der Waals surface area contributed by atoms with Crippen molar-refractivity contribution < 1.29 is 37.2 Å². The maximum absolute atomic E-state index is 13.0. The van der Waals surface area contributed by atoms with E-state index in [0.717, 1.165) is 24.1 Å². The predicted molar refractivity (Wildman–Crippen MR) is 120 cm³/mol. The normalized spacial score (nSPS) is 12.6. The van der Waals surface area contributed by atoms with Gasteiger partial charge < -0.3 is 19.7 Å². The maximum atomic E-state index is 13.0. The van der Waals surface area contributed by atoms with Crippen LogP contribution in [0.2, 0.25) is 0 Å². The highest BCUT2D eigenvalue weighted by Gasteiger charge is 2.35. The van der Waals surface area contributed by atoms with Crippen LogP contribution < -0.4 is 5.32 Å². The van der Waals surface area contributed by atoms with E-state index in [1.807, 2.05) is 0 Å². The fourth-order valence-electron chi connectivity index (χ4n) is 2.73. The highest BCUT2D eigenvalue weighted by Crippen LogP contribution is 2.25. The van der Waals surface area contributed by atoms with Crippen molar-refractivity contribution in [2.24, 2.45) is 0 Å². The molecule has 0 fully saturated rings. The molecule has 2 amide bonds. The number of esters is 1. The van der Waals surface area contributed by atoms with Crippen LogP contribution >= 0.6 is 0 Å². The molecule has 14 heteroatoms. The number of hydrogen-bond donors (Lipinski definition) is 1. The van der Waals surface area contributed by atoms with Gasteiger partial charge in [0.25, 0.3) is 5.69 Å².